The highest BCUT2D eigenvalue weighted by atomic mass is 16.7. The summed E-state index contributed by atoms with van der Waals surface area (Å²) in [5, 5.41) is 1.41. The third-order valence-corrected chi connectivity index (χ3v) is 2.15. The number of esters is 2. The molecule has 0 amide bonds. The molecule has 15 heavy (non-hydrogen) atoms. The van der Waals surface area contributed by atoms with Gasteiger partial charge in [0, 0.05) is 7.05 Å². The molecule has 0 aromatic carbocycles. The molecule has 0 N–H and O–H groups in total. The minimum absolute atomic E-state index is 0.0495. The Balaban J connectivity index is 2.71. The number of hydrogen-bond donors (Lipinski definition) is 0. The Kier molecular flexibility index (Phi) is 3.68. The van der Waals surface area contributed by atoms with Crippen LogP contribution in [-0.2, 0) is 23.9 Å². The summed E-state index contributed by atoms with van der Waals surface area (Å²) in [6.07, 6.45) is 1.33. The van der Waals surface area contributed by atoms with Crippen LogP contribution in [0, 0.1) is 0 Å². The summed E-state index contributed by atoms with van der Waals surface area (Å²) in [5.74, 6) is -0.916. The fourth-order valence-corrected chi connectivity index (χ4v) is 1.27. The van der Waals surface area contributed by atoms with Gasteiger partial charge in [-0.2, -0.15) is 0 Å². The van der Waals surface area contributed by atoms with Gasteiger partial charge >= 0.3 is 11.9 Å². The lowest BCUT2D eigenvalue weighted by Gasteiger charge is -2.18. The molecule has 0 saturated heterocycles. The minimum atomic E-state index is -0.506. The Hall–Kier alpha value is -1.56. The highest BCUT2D eigenvalue weighted by Crippen LogP contribution is 2.22. The van der Waals surface area contributed by atoms with Crippen molar-refractivity contribution in [2.24, 2.45) is 0 Å². The van der Waals surface area contributed by atoms with E-state index in [0.29, 0.717) is 5.57 Å². The average molecular weight is 215 g/mol. The molecule has 0 saturated carbocycles. The van der Waals surface area contributed by atoms with Crippen molar-refractivity contribution in [3.8, 4) is 0 Å². The van der Waals surface area contributed by atoms with E-state index >= 15 is 0 Å². The highest BCUT2D eigenvalue weighted by molar-refractivity contribution is 5.90. The van der Waals surface area contributed by atoms with Gasteiger partial charge in [0.15, 0.2) is 0 Å². The lowest BCUT2D eigenvalue weighted by molar-refractivity contribution is -0.146. The summed E-state index contributed by atoms with van der Waals surface area (Å²) in [5.41, 5.74) is 0.311. The molecule has 1 rings (SSSR count). The number of hydroxylamine groups is 2. The summed E-state index contributed by atoms with van der Waals surface area (Å²) in [6.45, 7) is 0. The second-order valence-corrected chi connectivity index (χ2v) is 3.01. The molecule has 1 atom stereocenters. The molecule has 0 bridgehead atoms. The highest BCUT2D eigenvalue weighted by Gasteiger charge is 2.34. The predicted octanol–water partition coefficient (Wildman–Crippen LogP) is -0.148. The SMILES string of the molecule is COC(=O)CC1C(C(=O)OC)=CON1C. The smallest absolute Gasteiger partial charge is 0.338 e. The first kappa shape index (κ1) is 11.5. The number of ether oxygens (including phenoxy) is 2. The van der Waals surface area contributed by atoms with Crippen LogP contribution in [0.1, 0.15) is 6.42 Å². The third kappa shape index (κ3) is 2.47. The van der Waals surface area contributed by atoms with Crippen LogP contribution >= 0.6 is 0 Å². The third-order valence-electron chi connectivity index (χ3n) is 2.15. The lowest BCUT2D eigenvalue weighted by atomic mass is 10.1. The van der Waals surface area contributed by atoms with E-state index in [0.717, 1.165) is 0 Å². The molecular formula is C9H13NO5. The van der Waals surface area contributed by atoms with Crippen molar-refractivity contribution < 1.29 is 23.9 Å². The maximum atomic E-state index is 11.3. The van der Waals surface area contributed by atoms with Crippen molar-refractivity contribution >= 4 is 11.9 Å². The molecule has 84 valence electrons. The van der Waals surface area contributed by atoms with E-state index in [1.165, 1.54) is 25.5 Å². The predicted molar refractivity (Wildman–Crippen MR) is 49.4 cm³/mol. The Morgan fingerprint density at radius 2 is 2.13 bits per heavy atom. The molecule has 6 nitrogen and oxygen atoms in total. The normalized spacial score (nSPS) is 20.5. The van der Waals surface area contributed by atoms with E-state index in [9.17, 15) is 9.59 Å². The van der Waals surface area contributed by atoms with Crippen molar-refractivity contribution in [3.63, 3.8) is 0 Å². The standard InChI is InChI=1S/C9H13NO5/c1-10-7(4-8(11)13-2)6(5-15-10)9(12)14-3/h5,7H,4H2,1-3H3. The van der Waals surface area contributed by atoms with E-state index in [4.69, 9.17) is 4.84 Å². The number of carbonyl (C=O) groups is 2. The molecule has 1 aliphatic heterocycles. The first-order valence-electron chi connectivity index (χ1n) is 4.35. The minimum Gasteiger partial charge on any atom is -0.469 e. The first-order valence-corrected chi connectivity index (χ1v) is 4.35. The number of nitrogens with zero attached hydrogens (tertiary/aromatic N) is 1. The summed E-state index contributed by atoms with van der Waals surface area (Å²) >= 11 is 0. The zero-order chi connectivity index (χ0) is 11.4. The fourth-order valence-electron chi connectivity index (χ4n) is 1.27. The number of rotatable bonds is 3. The van der Waals surface area contributed by atoms with Crippen molar-refractivity contribution in [1.29, 1.82) is 0 Å². The summed E-state index contributed by atoms with van der Waals surface area (Å²) in [7, 11) is 4.19. The van der Waals surface area contributed by atoms with Gasteiger partial charge < -0.3 is 14.3 Å². The number of hydrogen-bond acceptors (Lipinski definition) is 6. The second-order valence-electron chi connectivity index (χ2n) is 3.01. The summed E-state index contributed by atoms with van der Waals surface area (Å²) in [6, 6.07) is -0.454. The largest absolute Gasteiger partial charge is 0.469 e. The average Bonchev–Trinajstić information content (AvgIpc) is 2.59. The van der Waals surface area contributed by atoms with Crippen LogP contribution in [0.25, 0.3) is 0 Å². The van der Waals surface area contributed by atoms with Gasteiger partial charge in [-0.15, -0.1) is 5.06 Å². The van der Waals surface area contributed by atoms with Gasteiger partial charge in [0.2, 0.25) is 0 Å². The molecule has 0 aliphatic carbocycles. The van der Waals surface area contributed by atoms with Gasteiger partial charge in [0.1, 0.15) is 6.26 Å². The van der Waals surface area contributed by atoms with Gasteiger partial charge in [-0.3, -0.25) is 4.79 Å². The number of likely N-dealkylation sites (N-methyl/N-ethyl adjacent to an activating group) is 1. The maximum Gasteiger partial charge on any atom is 0.338 e. The molecule has 0 aromatic rings. The van der Waals surface area contributed by atoms with E-state index in [2.05, 4.69) is 9.47 Å². The fraction of sp³-hybridized carbons (Fsp3) is 0.556. The molecule has 1 heterocycles. The summed E-state index contributed by atoms with van der Waals surface area (Å²) in [4.78, 5) is 27.4. The van der Waals surface area contributed by atoms with E-state index in [1.807, 2.05) is 0 Å². The summed E-state index contributed by atoms with van der Waals surface area (Å²) < 4.78 is 9.08. The van der Waals surface area contributed by atoms with Gasteiger partial charge in [0.05, 0.1) is 32.3 Å². The Morgan fingerprint density at radius 3 is 2.67 bits per heavy atom. The maximum absolute atomic E-state index is 11.3. The molecule has 0 aromatic heterocycles. The van der Waals surface area contributed by atoms with Crippen LogP contribution in [0.4, 0.5) is 0 Å². The van der Waals surface area contributed by atoms with Gasteiger partial charge in [0.25, 0.3) is 0 Å². The van der Waals surface area contributed by atoms with E-state index in [-0.39, 0.29) is 6.42 Å². The topological polar surface area (TPSA) is 65.1 Å². The van der Waals surface area contributed by atoms with Crippen LogP contribution in [0.2, 0.25) is 0 Å². The monoisotopic (exact) mass is 215 g/mol. The van der Waals surface area contributed by atoms with Crippen LogP contribution < -0.4 is 0 Å². The van der Waals surface area contributed by atoms with Crippen molar-refractivity contribution in [3.05, 3.63) is 11.8 Å². The first-order chi connectivity index (χ1) is 7.10. The van der Waals surface area contributed by atoms with E-state index in [1.54, 1.807) is 7.05 Å². The van der Waals surface area contributed by atoms with Crippen molar-refractivity contribution in [2.75, 3.05) is 21.3 Å². The zero-order valence-electron chi connectivity index (χ0n) is 8.85. The molecular weight excluding hydrogens is 202 g/mol. The Bertz CT molecular complexity index is 299. The molecule has 1 unspecified atom stereocenters. The second kappa shape index (κ2) is 4.79. The van der Waals surface area contributed by atoms with Crippen LogP contribution in [0.15, 0.2) is 11.8 Å². The van der Waals surface area contributed by atoms with Gasteiger partial charge in [-0.1, -0.05) is 0 Å². The molecule has 1 aliphatic rings. The molecule has 0 fully saturated rings. The van der Waals surface area contributed by atoms with Crippen LogP contribution in [0.5, 0.6) is 0 Å². The van der Waals surface area contributed by atoms with Crippen LogP contribution in [-0.4, -0.2) is 44.3 Å². The van der Waals surface area contributed by atoms with Crippen molar-refractivity contribution in [1.82, 2.24) is 5.06 Å². The molecule has 6 heteroatoms. The van der Waals surface area contributed by atoms with E-state index < -0.39 is 18.0 Å². The Morgan fingerprint density at radius 1 is 1.47 bits per heavy atom. The number of methoxy groups -OCH3 is 2. The lowest BCUT2D eigenvalue weighted by Crippen LogP contribution is -2.32. The number of carbonyl (C=O) groups excluding carboxylic acids is 2. The Labute approximate surface area is 87.3 Å². The van der Waals surface area contributed by atoms with Crippen molar-refractivity contribution in [2.45, 2.75) is 12.5 Å². The van der Waals surface area contributed by atoms with Crippen LogP contribution in [0.3, 0.4) is 0 Å². The van der Waals surface area contributed by atoms with Gasteiger partial charge in [-0.05, 0) is 0 Å². The molecule has 0 radical (unpaired) electrons. The molecule has 0 spiro atoms. The zero-order valence-corrected chi connectivity index (χ0v) is 8.85. The quantitative estimate of drug-likeness (QED) is 0.610. The van der Waals surface area contributed by atoms with Gasteiger partial charge in [-0.25, -0.2) is 4.79 Å².